The van der Waals surface area contributed by atoms with Gasteiger partial charge in [-0.15, -0.1) is 22.7 Å². The van der Waals surface area contributed by atoms with E-state index in [2.05, 4.69) is 5.32 Å². The van der Waals surface area contributed by atoms with Crippen molar-refractivity contribution in [2.24, 2.45) is 0 Å². The highest BCUT2D eigenvalue weighted by Crippen LogP contribution is 2.30. The molecule has 21 heavy (non-hydrogen) atoms. The Bertz CT molecular complexity index is 718. The van der Waals surface area contributed by atoms with Gasteiger partial charge in [0.1, 0.15) is 4.21 Å². The summed E-state index contributed by atoms with van der Waals surface area (Å²) in [7, 11) is -3.36. The van der Waals surface area contributed by atoms with E-state index in [1.807, 2.05) is 24.4 Å². The van der Waals surface area contributed by atoms with Crippen LogP contribution in [0.25, 0.3) is 0 Å². The van der Waals surface area contributed by atoms with Gasteiger partial charge in [-0.3, -0.25) is 0 Å². The van der Waals surface area contributed by atoms with Crippen molar-refractivity contribution in [1.82, 2.24) is 9.62 Å². The van der Waals surface area contributed by atoms with E-state index in [-0.39, 0.29) is 0 Å². The Balaban J connectivity index is 1.79. The Morgan fingerprint density at radius 2 is 2.19 bits per heavy atom. The smallest absolute Gasteiger partial charge is 0.252 e. The van der Waals surface area contributed by atoms with Crippen LogP contribution >= 0.6 is 22.7 Å². The molecule has 0 spiro atoms. The highest BCUT2D eigenvalue weighted by Gasteiger charge is 2.29. The molecule has 0 radical (unpaired) electrons. The van der Waals surface area contributed by atoms with Crippen molar-refractivity contribution in [1.29, 1.82) is 0 Å². The van der Waals surface area contributed by atoms with E-state index < -0.39 is 10.0 Å². The van der Waals surface area contributed by atoms with Crippen molar-refractivity contribution in [3.05, 3.63) is 38.9 Å². The summed E-state index contributed by atoms with van der Waals surface area (Å²) in [6.45, 7) is 4.73. The number of nitrogens with zero attached hydrogens (tertiary/aromatic N) is 1. The molecule has 7 heteroatoms. The van der Waals surface area contributed by atoms with Crippen molar-refractivity contribution in [2.45, 2.75) is 30.6 Å². The van der Waals surface area contributed by atoms with Gasteiger partial charge in [0.05, 0.1) is 0 Å². The number of fused-ring (bicyclic) bond motifs is 1. The standard InChI is InChI=1S/C14H18N2O2S3/c1-2-15-9-12-3-4-14(20-12)21(17,18)16-7-5-13-11(10-16)6-8-19-13/h3-4,6,8,15H,2,5,7,9-10H2,1H3. The predicted molar refractivity (Wildman–Crippen MR) is 87.3 cm³/mol. The Morgan fingerprint density at radius 3 is 3.00 bits per heavy atom. The summed E-state index contributed by atoms with van der Waals surface area (Å²) in [4.78, 5) is 2.38. The molecule has 2 aromatic rings. The van der Waals surface area contributed by atoms with Gasteiger partial charge in [-0.2, -0.15) is 4.31 Å². The van der Waals surface area contributed by atoms with Gasteiger partial charge >= 0.3 is 0 Å². The summed E-state index contributed by atoms with van der Waals surface area (Å²) in [5.41, 5.74) is 1.15. The van der Waals surface area contributed by atoms with Gasteiger partial charge in [0.25, 0.3) is 10.0 Å². The van der Waals surface area contributed by atoms with E-state index in [0.29, 0.717) is 17.3 Å². The van der Waals surface area contributed by atoms with Crippen LogP contribution in [0, 0.1) is 0 Å². The lowest BCUT2D eigenvalue weighted by Crippen LogP contribution is -2.34. The Morgan fingerprint density at radius 1 is 1.33 bits per heavy atom. The van der Waals surface area contributed by atoms with E-state index in [4.69, 9.17) is 0 Å². The summed E-state index contributed by atoms with van der Waals surface area (Å²) in [5, 5.41) is 5.26. The monoisotopic (exact) mass is 342 g/mol. The summed E-state index contributed by atoms with van der Waals surface area (Å²) in [5.74, 6) is 0. The van der Waals surface area contributed by atoms with E-state index in [1.54, 1.807) is 21.7 Å². The molecule has 1 aliphatic heterocycles. The molecule has 0 amide bonds. The van der Waals surface area contributed by atoms with Crippen LogP contribution in [0.4, 0.5) is 0 Å². The Kier molecular flexibility index (Phi) is 4.46. The molecule has 0 saturated heterocycles. The number of hydrogen-bond acceptors (Lipinski definition) is 5. The van der Waals surface area contributed by atoms with Gasteiger partial charge in [0.15, 0.2) is 0 Å². The molecular formula is C14H18N2O2S3. The number of nitrogens with one attached hydrogen (secondary N) is 1. The zero-order chi connectivity index (χ0) is 14.9. The average molecular weight is 343 g/mol. The summed E-state index contributed by atoms with van der Waals surface area (Å²) in [6, 6.07) is 5.67. The zero-order valence-electron chi connectivity index (χ0n) is 11.8. The third-order valence-corrected chi connectivity index (χ3v) is 7.97. The van der Waals surface area contributed by atoms with Crippen molar-refractivity contribution in [2.75, 3.05) is 13.1 Å². The van der Waals surface area contributed by atoms with Gasteiger partial charge in [-0.25, -0.2) is 8.42 Å². The molecule has 0 saturated carbocycles. The van der Waals surface area contributed by atoms with E-state index in [1.165, 1.54) is 16.2 Å². The minimum absolute atomic E-state index is 0.453. The SMILES string of the molecule is CCNCc1ccc(S(=O)(=O)N2CCc3sccc3C2)s1. The quantitative estimate of drug-likeness (QED) is 0.909. The van der Waals surface area contributed by atoms with Gasteiger partial charge < -0.3 is 5.32 Å². The summed E-state index contributed by atoms with van der Waals surface area (Å²) in [6.07, 6.45) is 0.821. The maximum Gasteiger partial charge on any atom is 0.252 e. The van der Waals surface area contributed by atoms with Crippen LogP contribution < -0.4 is 5.32 Å². The zero-order valence-corrected chi connectivity index (χ0v) is 14.3. The Labute approximate surface area is 133 Å². The Hall–Kier alpha value is -0.730. The second kappa shape index (κ2) is 6.18. The minimum Gasteiger partial charge on any atom is -0.312 e. The predicted octanol–water partition coefficient (Wildman–Crippen LogP) is 2.67. The molecule has 0 unspecified atom stereocenters. The average Bonchev–Trinajstić information content (AvgIpc) is 3.13. The largest absolute Gasteiger partial charge is 0.312 e. The van der Waals surface area contributed by atoms with Crippen LogP contribution in [0.2, 0.25) is 0 Å². The van der Waals surface area contributed by atoms with Crippen LogP contribution in [0.1, 0.15) is 22.2 Å². The molecule has 1 N–H and O–H groups in total. The molecule has 0 aliphatic carbocycles. The topological polar surface area (TPSA) is 49.4 Å². The maximum absolute atomic E-state index is 12.7. The van der Waals surface area contributed by atoms with E-state index in [0.717, 1.165) is 30.0 Å². The van der Waals surface area contributed by atoms with Crippen molar-refractivity contribution >= 4 is 32.7 Å². The third kappa shape index (κ3) is 3.07. The number of thiophene rings is 2. The second-order valence-corrected chi connectivity index (χ2v) is 9.29. The van der Waals surface area contributed by atoms with Crippen molar-refractivity contribution < 1.29 is 8.42 Å². The van der Waals surface area contributed by atoms with E-state index in [9.17, 15) is 8.42 Å². The molecular weight excluding hydrogens is 324 g/mol. The normalized spacial score (nSPS) is 16.0. The van der Waals surface area contributed by atoms with Gasteiger partial charge in [-0.05, 0) is 42.1 Å². The molecule has 0 fully saturated rings. The molecule has 3 heterocycles. The fraction of sp³-hybridized carbons (Fsp3) is 0.429. The first-order chi connectivity index (χ1) is 10.1. The maximum atomic E-state index is 12.7. The number of hydrogen-bond donors (Lipinski definition) is 1. The molecule has 0 atom stereocenters. The first-order valence-corrected chi connectivity index (χ1v) is 10.1. The highest BCUT2D eigenvalue weighted by molar-refractivity contribution is 7.91. The summed E-state index contributed by atoms with van der Waals surface area (Å²) >= 11 is 3.09. The first-order valence-electron chi connectivity index (χ1n) is 6.96. The van der Waals surface area contributed by atoms with E-state index >= 15 is 0 Å². The van der Waals surface area contributed by atoms with Crippen LogP contribution in [0.15, 0.2) is 27.8 Å². The van der Waals surface area contributed by atoms with Gasteiger partial charge in [0.2, 0.25) is 0 Å². The number of sulfonamides is 1. The van der Waals surface area contributed by atoms with Gasteiger partial charge in [-0.1, -0.05) is 6.92 Å². The third-order valence-electron chi connectivity index (χ3n) is 3.55. The number of rotatable bonds is 5. The van der Waals surface area contributed by atoms with Crippen LogP contribution in [0.3, 0.4) is 0 Å². The lowest BCUT2D eigenvalue weighted by Gasteiger charge is -2.25. The second-order valence-electron chi connectivity index (χ2n) is 4.96. The molecule has 4 nitrogen and oxygen atoms in total. The van der Waals surface area contributed by atoms with Crippen LogP contribution in [-0.2, 0) is 29.5 Å². The molecule has 0 bridgehead atoms. The molecule has 114 valence electrons. The minimum atomic E-state index is -3.36. The lowest BCUT2D eigenvalue weighted by molar-refractivity contribution is 0.395. The van der Waals surface area contributed by atoms with Crippen LogP contribution in [0.5, 0.6) is 0 Å². The highest BCUT2D eigenvalue weighted by atomic mass is 32.2. The fourth-order valence-electron chi connectivity index (χ4n) is 2.40. The fourth-order valence-corrected chi connectivity index (χ4v) is 6.18. The van der Waals surface area contributed by atoms with Crippen molar-refractivity contribution in [3.8, 4) is 0 Å². The lowest BCUT2D eigenvalue weighted by atomic mass is 10.1. The summed E-state index contributed by atoms with van der Waals surface area (Å²) < 4.78 is 27.5. The molecule has 3 rings (SSSR count). The molecule has 2 aromatic heterocycles. The first kappa shape index (κ1) is 15.2. The molecule has 1 aliphatic rings. The van der Waals surface area contributed by atoms with Crippen molar-refractivity contribution in [3.63, 3.8) is 0 Å². The van der Waals surface area contributed by atoms with Crippen LogP contribution in [-0.4, -0.2) is 25.8 Å². The van der Waals surface area contributed by atoms with Gasteiger partial charge in [0, 0.05) is 29.4 Å². The molecule has 0 aromatic carbocycles.